The van der Waals surface area contributed by atoms with Crippen molar-refractivity contribution in [3.63, 3.8) is 0 Å². The molecule has 0 saturated heterocycles. The van der Waals surface area contributed by atoms with Gasteiger partial charge in [0.1, 0.15) is 0 Å². The second kappa shape index (κ2) is 5.64. The highest BCUT2D eigenvalue weighted by molar-refractivity contribution is 7.92. The molecule has 2 rings (SSSR count). The van der Waals surface area contributed by atoms with Crippen molar-refractivity contribution in [2.45, 2.75) is 25.3 Å². The standard InChI is InChI=1S/C15H17NO3S/c1-11-4-3-5-14(8-11)16-20(18,19)15-9-13(10-17)7-6-12(15)2/h3-9,16-17H,10H2,1-2H3. The number of benzene rings is 2. The van der Waals surface area contributed by atoms with Gasteiger partial charge in [-0.25, -0.2) is 8.42 Å². The van der Waals surface area contributed by atoms with Gasteiger partial charge >= 0.3 is 0 Å². The molecule has 2 aromatic carbocycles. The van der Waals surface area contributed by atoms with Crippen LogP contribution in [0.25, 0.3) is 0 Å². The molecule has 0 atom stereocenters. The van der Waals surface area contributed by atoms with Crippen molar-refractivity contribution in [1.82, 2.24) is 0 Å². The smallest absolute Gasteiger partial charge is 0.262 e. The van der Waals surface area contributed by atoms with Crippen LogP contribution in [0.1, 0.15) is 16.7 Å². The highest BCUT2D eigenvalue weighted by Gasteiger charge is 2.17. The molecule has 0 saturated carbocycles. The summed E-state index contributed by atoms with van der Waals surface area (Å²) in [5.41, 5.74) is 2.72. The number of nitrogens with one attached hydrogen (secondary N) is 1. The van der Waals surface area contributed by atoms with Crippen LogP contribution in [0.5, 0.6) is 0 Å². The SMILES string of the molecule is Cc1cccc(NS(=O)(=O)c2cc(CO)ccc2C)c1. The Bertz CT molecular complexity index is 724. The number of rotatable bonds is 4. The van der Waals surface area contributed by atoms with Crippen LogP contribution in [0.2, 0.25) is 0 Å². The molecule has 20 heavy (non-hydrogen) atoms. The van der Waals surface area contributed by atoms with Crippen LogP contribution in [0, 0.1) is 13.8 Å². The molecular weight excluding hydrogens is 274 g/mol. The molecule has 0 aliphatic heterocycles. The van der Waals surface area contributed by atoms with Crippen LogP contribution in [0.4, 0.5) is 5.69 Å². The predicted molar refractivity (Wildman–Crippen MR) is 79.1 cm³/mol. The molecule has 4 nitrogen and oxygen atoms in total. The quantitative estimate of drug-likeness (QED) is 0.910. The van der Waals surface area contributed by atoms with Gasteiger partial charge in [0.05, 0.1) is 11.5 Å². The molecule has 0 unspecified atom stereocenters. The Hall–Kier alpha value is -1.85. The highest BCUT2D eigenvalue weighted by atomic mass is 32.2. The van der Waals surface area contributed by atoms with Gasteiger partial charge in [-0.05, 0) is 48.7 Å². The average Bonchev–Trinajstić information content (AvgIpc) is 2.38. The fourth-order valence-electron chi connectivity index (χ4n) is 1.95. The second-order valence-corrected chi connectivity index (χ2v) is 6.38. The van der Waals surface area contributed by atoms with Crippen molar-refractivity contribution in [3.05, 3.63) is 59.2 Å². The van der Waals surface area contributed by atoms with Gasteiger partial charge in [0.15, 0.2) is 0 Å². The first-order valence-electron chi connectivity index (χ1n) is 6.22. The molecular formula is C15H17NO3S. The average molecular weight is 291 g/mol. The summed E-state index contributed by atoms with van der Waals surface area (Å²) in [7, 11) is -3.65. The molecule has 0 bridgehead atoms. The van der Waals surface area contributed by atoms with Gasteiger partial charge in [-0.1, -0.05) is 24.3 Å². The van der Waals surface area contributed by atoms with E-state index in [0.29, 0.717) is 16.8 Å². The number of sulfonamides is 1. The lowest BCUT2D eigenvalue weighted by molar-refractivity contribution is 0.281. The highest BCUT2D eigenvalue weighted by Crippen LogP contribution is 2.21. The summed E-state index contributed by atoms with van der Waals surface area (Å²) in [6, 6.07) is 12.1. The molecule has 0 spiro atoms. The van der Waals surface area contributed by atoms with E-state index in [1.807, 2.05) is 13.0 Å². The first-order chi connectivity index (χ1) is 9.42. The second-order valence-electron chi connectivity index (χ2n) is 4.73. The minimum atomic E-state index is -3.65. The number of hydrogen-bond donors (Lipinski definition) is 2. The van der Waals surface area contributed by atoms with E-state index < -0.39 is 10.0 Å². The minimum Gasteiger partial charge on any atom is -0.392 e. The van der Waals surface area contributed by atoms with Gasteiger partial charge in [0.25, 0.3) is 10.0 Å². The number of hydrogen-bond acceptors (Lipinski definition) is 3. The molecule has 0 aromatic heterocycles. The van der Waals surface area contributed by atoms with E-state index in [0.717, 1.165) is 5.56 Å². The zero-order valence-corrected chi connectivity index (χ0v) is 12.2. The Morgan fingerprint density at radius 1 is 1.10 bits per heavy atom. The van der Waals surface area contributed by atoms with Crippen LogP contribution >= 0.6 is 0 Å². The predicted octanol–water partition coefficient (Wildman–Crippen LogP) is 2.60. The topological polar surface area (TPSA) is 66.4 Å². The Kier molecular flexibility index (Phi) is 4.11. The summed E-state index contributed by atoms with van der Waals surface area (Å²) >= 11 is 0. The van der Waals surface area contributed by atoms with E-state index in [1.165, 1.54) is 6.07 Å². The molecule has 106 valence electrons. The maximum atomic E-state index is 12.4. The number of anilines is 1. The van der Waals surface area contributed by atoms with Gasteiger partial charge in [0.2, 0.25) is 0 Å². The van der Waals surface area contributed by atoms with E-state index >= 15 is 0 Å². The van der Waals surface area contributed by atoms with Crippen molar-refractivity contribution < 1.29 is 13.5 Å². The van der Waals surface area contributed by atoms with Crippen LogP contribution in [-0.4, -0.2) is 13.5 Å². The molecule has 0 amide bonds. The summed E-state index contributed by atoms with van der Waals surface area (Å²) < 4.78 is 27.4. The summed E-state index contributed by atoms with van der Waals surface area (Å²) in [6.07, 6.45) is 0. The zero-order chi connectivity index (χ0) is 14.8. The maximum Gasteiger partial charge on any atom is 0.262 e. The zero-order valence-electron chi connectivity index (χ0n) is 11.4. The Morgan fingerprint density at radius 3 is 2.50 bits per heavy atom. The Labute approximate surface area is 119 Å². The third-order valence-electron chi connectivity index (χ3n) is 2.99. The molecule has 0 fully saturated rings. The Balaban J connectivity index is 2.40. The first kappa shape index (κ1) is 14.6. The minimum absolute atomic E-state index is 0.186. The molecule has 2 aromatic rings. The number of aryl methyl sites for hydroxylation is 2. The van der Waals surface area contributed by atoms with Crippen LogP contribution in [-0.2, 0) is 16.6 Å². The lowest BCUT2D eigenvalue weighted by atomic mass is 10.2. The van der Waals surface area contributed by atoms with E-state index in [-0.39, 0.29) is 11.5 Å². The molecule has 0 aliphatic carbocycles. The maximum absolute atomic E-state index is 12.4. The largest absolute Gasteiger partial charge is 0.392 e. The molecule has 0 aliphatic rings. The number of aliphatic hydroxyl groups is 1. The lowest BCUT2D eigenvalue weighted by Crippen LogP contribution is -2.14. The fourth-order valence-corrected chi connectivity index (χ4v) is 3.30. The molecule has 5 heteroatoms. The van der Waals surface area contributed by atoms with Crippen LogP contribution in [0.15, 0.2) is 47.4 Å². The van der Waals surface area contributed by atoms with Gasteiger partial charge in [-0.15, -0.1) is 0 Å². The summed E-state index contributed by atoms with van der Waals surface area (Å²) in [5.74, 6) is 0. The summed E-state index contributed by atoms with van der Waals surface area (Å²) in [4.78, 5) is 0.186. The van der Waals surface area contributed by atoms with Crippen LogP contribution < -0.4 is 4.72 Å². The van der Waals surface area contributed by atoms with Crippen molar-refractivity contribution in [2.75, 3.05) is 4.72 Å². The third kappa shape index (κ3) is 3.18. The van der Waals surface area contributed by atoms with Crippen molar-refractivity contribution in [1.29, 1.82) is 0 Å². The fraction of sp³-hybridized carbons (Fsp3) is 0.200. The van der Waals surface area contributed by atoms with Crippen molar-refractivity contribution >= 4 is 15.7 Å². The van der Waals surface area contributed by atoms with Gasteiger partial charge in [-0.2, -0.15) is 0 Å². The Morgan fingerprint density at radius 2 is 1.85 bits per heavy atom. The van der Waals surface area contributed by atoms with E-state index in [4.69, 9.17) is 5.11 Å². The third-order valence-corrected chi connectivity index (χ3v) is 4.52. The molecule has 0 heterocycles. The van der Waals surface area contributed by atoms with Crippen LogP contribution in [0.3, 0.4) is 0 Å². The summed E-state index contributed by atoms with van der Waals surface area (Å²) in [6.45, 7) is 3.44. The molecule has 0 radical (unpaired) electrons. The number of aliphatic hydroxyl groups excluding tert-OH is 1. The van der Waals surface area contributed by atoms with Gasteiger partial charge in [-0.3, -0.25) is 4.72 Å². The van der Waals surface area contributed by atoms with Gasteiger partial charge in [0, 0.05) is 5.69 Å². The monoisotopic (exact) mass is 291 g/mol. The molecule has 2 N–H and O–H groups in total. The lowest BCUT2D eigenvalue weighted by Gasteiger charge is -2.12. The van der Waals surface area contributed by atoms with Gasteiger partial charge < -0.3 is 5.11 Å². The van der Waals surface area contributed by atoms with E-state index in [1.54, 1.807) is 37.3 Å². The van der Waals surface area contributed by atoms with Crippen molar-refractivity contribution in [3.8, 4) is 0 Å². The summed E-state index contributed by atoms with van der Waals surface area (Å²) in [5, 5.41) is 9.13. The van der Waals surface area contributed by atoms with E-state index in [9.17, 15) is 8.42 Å². The normalized spacial score (nSPS) is 11.3. The first-order valence-corrected chi connectivity index (χ1v) is 7.70. The van der Waals surface area contributed by atoms with Crippen molar-refractivity contribution in [2.24, 2.45) is 0 Å². The van der Waals surface area contributed by atoms with E-state index in [2.05, 4.69) is 4.72 Å².